The van der Waals surface area contributed by atoms with Gasteiger partial charge in [-0.15, -0.1) is 11.3 Å². The van der Waals surface area contributed by atoms with Crippen LogP contribution in [0.1, 0.15) is 5.56 Å². The van der Waals surface area contributed by atoms with Crippen LogP contribution in [0.5, 0.6) is 5.75 Å². The van der Waals surface area contributed by atoms with Crippen LogP contribution in [0.4, 0.5) is 5.13 Å². The highest BCUT2D eigenvalue weighted by molar-refractivity contribution is 9.10. The zero-order valence-electron chi connectivity index (χ0n) is 13.4. The fraction of sp³-hybridized carbons (Fsp3) is 0.0526. The fourth-order valence-electron chi connectivity index (χ4n) is 2.18. The summed E-state index contributed by atoms with van der Waals surface area (Å²) in [6.45, 7) is 0. The van der Waals surface area contributed by atoms with Crippen molar-refractivity contribution in [3.05, 3.63) is 70.0 Å². The molecule has 0 spiro atoms. The van der Waals surface area contributed by atoms with Gasteiger partial charge in [0, 0.05) is 17.0 Å². The molecule has 126 valence electrons. The van der Waals surface area contributed by atoms with Gasteiger partial charge in [0.1, 0.15) is 5.75 Å². The first kappa shape index (κ1) is 17.4. The summed E-state index contributed by atoms with van der Waals surface area (Å²) in [7, 11) is 1.61. The van der Waals surface area contributed by atoms with Crippen LogP contribution in [0.25, 0.3) is 17.3 Å². The third kappa shape index (κ3) is 4.55. The number of nitrogens with one attached hydrogen (secondary N) is 1. The third-order valence-corrected chi connectivity index (χ3v) is 4.78. The highest BCUT2D eigenvalue weighted by Crippen LogP contribution is 2.26. The number of halogens is 1. The number of hydrogen-bond donors (Lipinski definition) is 1. The van der Waals surface area contributed by atoms with Gasteiger partial charge < -0.3 is 4.74 Å². The van der Waals surface area contributed by atoms with Crippen LogP contribution in [0, 0.1) is 0 Å². The molecular weight excluding hydrogens is 400 g/mol. The smallest absolute Gasteiger partial charge is 0.250 e. The number of aromatic nitrogens is 1. The summed E-state index contributed by atoms with van der Waals surface area (Å²) in [5.41, 5.74) is 2.77. The summed E-state index contributed by atoms with van der Waals surface area (Å²) < 4.78 is 6.02. The second-order valence-corrected chi connectivity index (χ2v) is 6.83. The number of carbonyl (C=O) groups is 1. The van der Waals surface area contributed by atoms with E-state index in [1.54, 1.807) is 13.2 Å². The Balaban J connectivity index is 1.65. The molecule has 0 saturated carbocycles. The van der Waals surface area contributed by atoms with Crippen molar-refractivity contribution in [3.8, 4) is 17.0 Å². The number of amides is 1. The topological polar surface area (TPSA) is 51.2 Å². The zero-order chi connectivity index (χ0) is 17.6. The van der Waals surface area contributed by atoms with Crippen LogP contribution >= 0.6 is 27.3 Å². The monoisotopic (exact) mass is 414 g/mol. The summed E-state index contributed by atoms with van der Waals surface area (Å²) in [6, 6.07) is 15.5. The maximum absolute atomic E-state index is 12.1. The van der Waals surface area contributed by atoms with Gasteiger partial charge in [-0.1, -0.05) is 36.4 Å². The number of carbonyl (C=O) groups excluding carboxylic acids is 1. The minimum atomic E-state index is -0.221. The van der Waals surface area contributed by atoms with E-state index in [0.29, 0.717) is 5.13 Å². The molecule has 1 aromatic heterocycles. The lowest BCUT2D eigenvalue weighted by molar-refractivity contribution is -0.111. The van der Waals surface area contributed by atoms with Crippen molar-refractivity contribution in [1.82, 2.24) is 4.98 Å². The molecule has 6 heteroatoms. The largest absolute Gasteiger partial charge is 0.496 e. The minimum Gasteiger partial charge on any atom is -0.496 e. The molecule has 1 N–H and O–H groups in total. The van der Waals surface area contributed by atoms with Gasteiger partial charge in [-0.05, 0) is 39.7 Å². The Kier molecular flexibility index (Phi) is 5.63. The van der Waals surface area contributed by atoms with Crippen LogP contribution in [0.3, 0.4) is 0 Å². The number of ether oxygens (including phenoxy) is 1. The Morgan fingerprint density at radius 3 is 2.76 bits per heavy atom. The Hall–Kier alpha value is -2.44. The maximum Gasteiger partial charge on any atom is 0.250 e. The van der Waals surface area contributed by atoms with Crippen molar-refractivity contribution >= 4 is 44.4 Å². The minimum absolute atomic E-state index is 0.221. The standard InChI is InChI=1S/C19H15BrN2O2S/c1-24-17-9-7-13(11-15(17)20)8-10-18(23)22-19-21-16(12-25-19)14-5-3-2-4-6-14/h2-12H,1H3,(H,21,22,23)/b10-8-. The lowest BCUT2D eigenvalue weighted by Crippen LogP contribution is -2.07. The first-order chi connectivity index (χ1) is 12.2. The number of benzene rings is 2. The summed E-state index contributed by atoms with van der Waals surface area (Å²) in [5.74, 6) is 0.527. The molecule has 4 nitrogen and oxygen atoms in total. The van der Waals surface area contributed by atoms with Crippen LogP contribution in [0.15, 0.2) is 64.5 Å². The van der Waals surface area contributed by atoms with E-state index in [2.05, 4.69) is 26.2 Å². The van der Waals surface area contributed by atoms with Crippen molar-refractivity contribution < 1.29 is 9.53 Å². The molecule has 0 aliphatic carbocycles. The van der Waals surface area contributed by atoms with E-state index < -0.39 is 0 Å². The number of methoxy groups -OCH3 is 1. The van der Waals surface area contributed by atoms with Crippen molar-refractivity contribution in [2.75, 3.05) is 12.4 Å². The number of nitrogens with zero attached hydrogens (tertiary/aromatic N) is 1. The average Bonchev–Trinajstić information content (AvgIpc) is 3.09. The van der Waals surface area contributed by atoms with Gasteiger partial charge >= 0.3 is 0 Å². The molecule has 3 aromatic rings. The second kappa shape index (κ2) is 8.09. The lowest BCUT2D eigenvalue weighted by atomic mass is 10.2. The normalized spacial score (nSPS) is 10.8. The van der Waals surface area contributed by atoms with E-state index in [9.17, 15) is 4.79 Å². The van der Waals surface area contributed by atoms with Gasteiger partial charge in [0.05, 0.1) is 17.3 Å². The predicted molar refractivity (Wildman–Crippen MR) is 106 cm³/mol. The Morgan fingerprint density at radius 1 is 1.24 bits per heavy atom. The van der Waals surface area contributed by atoms with Crippen molar-refractivity contribution in [3.63, 3.8) is 0 Å². The molecule has 0 fully saturated rings. The van der Waals surface area contributed by atoms with Gasteiger partial charge in [-0.3, -0.25) is 10.1 Å². The molecule has 0 aliphatic heterocycles. The fourth-order valence-corrected chi connectivity index (χ4v) is 3.46. The molecule has 3 rings (SSSR count). The molecule has 0 atom stereocenters. The molecule has 0 bridgehead atoms. The third-order valence-electron chi connectivity index (χ3n) is 3.41. The van der Waals surface area contributed by atoms with Crippen molar-refractivity contribution in [2.45, 2.75) is 0 Å². The lowest BCUT2D eigenvalue weighted by Gasteiger charge is -2.03. The first-order valence-electron chi connectivity index (χ1n) is 7.49. The van der Waals surface area contributed by atoms with E-state index >= 15 is 0 Å². The molecular formula is C19H15BrN2O2S. The SMILES string of the molecule is COc1ccc(/C=C\C(=O)Nc2nc(-c3ccccc3)cs2)cc1Br. The zero-order valence-corrected chi connectivity index (χ0v) is 15.8. The number of thiazole rings is 1. The van der Waals surface area contributed by atoms with Gasteiger partial charge in [0.15, 0.2) is 5.13 Å². The van der Waals surface area contributed by atoms with Crippen LogP contribution in [-0.2, 0) is 4.79 Å². The van der Waals surface area contributed by atoms with Crippen LogP contribution in [0.2, 0.25) is 0 Å². The van der Waals surface area contributed by atoms with Gasteiger partial charge in [-0.25, -0.2) is 4.98 Å². The molecule has 1 heterocycles. The van der Waals surface area contributed by atoms with Crippen molar-refractivity contribution in [2.24, 2.45) is 0 Å². The van der Waals surface area contributed by atoms with Crippen molar-refractivity contribution in [1.29, 1.82) is 0 Å². The molecule has 2 aromatic carbocycles. The first-order valence-corrected chi connectivity index (χ1v) is 9.16. The highest BCUT2D eigenvalue weighted by Gasteiger charge is 2.06. The molecule has 0 aliphatic rings. The highest BCUT2D eigenvalue weighted by atomic mass is 79.9. The van der Waals surface area contributed by atoms with E-state index in [1.165, 1.54) is 17.4 Å². The van der Waals surface area contributed by atoms with E-state index in [0.717, 1.165) is 27.0 Å². The number of hydrogen-bond acceptors (Lipinski definition) is 4. The number of anilines is 1. The summed E-state index contributed by atoms with van der Waals surface area (Å²) in [6.07, 6.45) is 3.23. The van der Waals surface area contributed by atoms with E-state index in [4.69, 9.17) is 4.74 Å². The molecule has 1 amide bonds. The maximum atomic E-state index is 12.1. The Bertz CT molecular complexity index is 907. The van der Waals surface area contributed by atoms with E-state index in [-0.39, 0.29) is 5.91 Å². The molecule has 0 radical (unpaired) electrons. The van der Waals surface area contributed by atoms with Gasteiger partial charge in [-0.2, -0.15) is 0 Å². The summed E-state index contributed by atoms with van der Waals surface area (Å²) in [4.78, 5) is 16.5. The molecule has 25 heavy (non-hydrogen) atoms. The van der Waals surface area contributed by atoms with Crippen LogP contribution < -0.4 is 10.1 Å². The summed E-state index contributed by atoms with van der Waals surface area (Å²) >= 11 is 4.83. The van der Waals surface area contributed by atoms with Crippen LogP contribution in [-0.4, -0.2) is 18.0 Å². The molecule has 0 unspecified atom stereocenters. The Morgan fingerprint density at radius 2 is 2.04 bits per heavy atom. The van der Waals surface area contributed by atoms with Gasteiger partial charge in [0.25, 0.3) is 0 Å². The quantitative estimate of drug-likeness (QED) is 0.581. The average molecular weight is 415 g/mol. The molecule has 0 saturated heterocycles. The summed E-state index contributed by atoms with van der Waals surface area (Å²) in [5, 5.41) is 5.28. The number of rotatable bonds is 5. The van der Waals surface area contributed by atoms with E-state index in [1.807, 2.05) is 53.9 Å². The predicted octanol–water partition coefficient (Wildman–Crippen LogP) is 5.23. The Labute approximate surface area is 158 Å². The second-order valence-electron chi connectivity index (χ2n) is 5.12. The van der Waals surface area contributed by atoms with Gasteiger partial charge in [0.2, 0.25) is 5.91 Å².